The molecule has 0 radical (unpaired) electrons. The summed E-state index contributed by atoms with van der Waals surface area (Å²) in [7, 11) is 1.90. The normalized spacial score (nSPS) is 25.2. The van der Waals surface area contributed by atoms with E-state index in [0.717, 1.165) is 31.5 Å². The zero-order valence-electron chi connectivity index (χ0n) is 16.0. The molecule has 2 saturated heterocycles. The second-order valence-electron chi connectivity index (χ2n) is 7.65. The van der Waals surface area contributed by atoms with Gasteiger partial charge in [-0.25, -0.2) is 0 Å². The van der Waals surface area contributed by atoms with Crippen LogP contribution in [0.5, 0.6) is 0 Å². The van der Waals surface area contributed by atoms with Gasteiger partial charge in [0.25, 0.3) is 0 Å². The second-order valence-corrected chi connectivity index (χ2v) is 7.65. The molecule has 148 valence electrons. The molecule has 1 unspecified atom stereocenters. The molecule has 2 fully saturated rings. The van der Waals surface area contributed by atoms with Crippen LogP contribution in [0.25, 0.3) is 0 Å². The molecule has 9 heteroatoms. The fourth-order valence-corrected chi connectivity index (χ4v) is 4.05. The van der Waals surface area contributed by atoms with E-state index in [2.05, 4.69) is 20.6 Å². The molecule has 0 bridgehead atoms. The van der Waals surface area contributed by atoms with E-state index < -0.39 is 0 Å². The van der Waals surface area contributed by atoms with Crippen molar-refractivity contribution in [3.05, 3.63) is 29.7 Å². The minimum atomic E-state index is -0.0751. The minimum absolute atomic E-state index is 0. The first kappa shape index (κ1) is 19.8. The Morgan fingerprint density at radius 1 is 1.37 bits per heavy atom. The maximum absolute atomic E-state index is 13.3. The monoisotopic (exact) mass is 394 g/mol. The molecule has 0 saturated carbocycles. The lowest BCUT2D eigenvalue weighted by atomic mass is 9.89. The van der Waals surface area contributed by atoms with E-state index in [1.807, 2.05) is 38.2 Å². The number of likely N-dealkylation sites (tertiary alicyclic amines) is 1. The first-order valence-corrected chi connectivity index (χ1v) is 9.38. The molecule has 2 aromatic rings. The van der Waals surface area contributed by atoms with Crippen molar-refractivity contribution in [1.29, 1.82) is 0 Å². The molecule has 1 N–H and O–H groups in total. The maximum atomic E-state index is 13.3. The van der Waals surface area contributed by atoms with E-state index in [4.69, 9.17) is 4.52 Å². The van der Waals surface area contributed by atoms with Gasteiger partial charge < -0.3 is 14.7 Å². The molecule has 2 aliphatic rings. The molecule has 1 amide bonds. The number of nitrogens with one attached hydrogen (secondary N) is 1. The van der Waals surface area contributed by atoms with Crippen molar-refractivity contribution < 1.29 is 9.32 Å². The SMILES string of the molecule is CC(C)c1nc(C2CCCN2C(=O)[C@H]2CNC[C@@H]2c2cnn(C)c2)no1.Cl. The zero-order valence-corrected chi connectivity index (χ0v) is 16.8. The van der Waals surface area contributed by atoms with Crippen LogP contribution in [-0.4, -0.2) is 50.4 Å². The van der Waals surface area contributed by atoms with Gasteiger partial charge in [0, 0.05) is 44.7 Å². The quantitative estimate of drug-likeness (QED) is 0.853. The Kier molecular flexibility index (Phi) is 5.86. The first-order chi connectivity index (χ1) is 12.5. The van der Waals surface area contributed by atoms with Gasteiger partial charge in [-0.05, 0) is 18.4 Å². The largest absolute Gasteiger partial charge is 0.339 e. The van der Waals surface area contributed by atoms with Crippen molar-refractivity contribution in [2.45, 2.75) is 44.6 Å². The van der Waals surface area contributed by atoms with Crippen LogP contribution in [0.2, 0.25) is 0 Å². The molecule has 2 aliphatic heterocycles. The Balaban J connectivity index is 0.00000210. The molecule has 3 atom stereocenters. The van der Waals surface area contributed by atoms with Gasteiger partial charge in [0.05, 0.1) is 18.2 Å². The molecule has 4 heterocycles. The van der Waals surface area contributed by atoms with E-state index in [0.29, 0.717) is 18.3 Å². The number of hydrogen-bond acceptors (Lipinski definition) is 6. The summed E-state index contributed by atoms with van der Waals surface area (Å²) in [6.45, 7) is 6.31. The Morgan fingerprint density at radius 3 is 2.85 bits per heavy atom. The molecule has 0 aromatic carbocycles. The number of carbonyl (C=O) groups is 1. The van der Waals surface area contributed by atoms with Gasteiger partial charge in [0.2, 0.25) is 11.8 Å². The van der Waals surface area contributed by atoms with Crippen LogP contribution in [0.4, 0.5) is 0 Å². The third kappa shape index (κ3) is 3.73. The van der Waals surface area contributed by atoms with Gasteiger partial charge in [0.15, 0.2) is 5.82 Å². The van der Waals surface area contributed by atoms with Crippen molar-refractivity contribution in [2.75, 3.05) is 19.6 Å². The van der Waals surface area contributed by atoms with Crippen LogP contribution in [0.3, 0.4) is 0 Å². The van der Waals surface area contributed by atoms with Crippen molar-refractivity contribution in [2.24, 2.45) is 13.0 Å². The molecular formula is C18H27ClN6O2. The van der Waals surface area contributed by atoms with Crippen LogP contribution in [0.1, 0.15) is 61.8 Å². The van der Waals surface area contributed by atoms with Crippen LogP contribution < -0.4 is 5.32 Å². The third-order valence-corrected chi connectivity index (χ3v) is 5.47. The maximum Gasteiger partial charge on any atom is 0.229 e. The number of nitrogens with zero attached hydrogens (tertiary/aromatic N) is 5. The number of carbonyl (C=O) groups excluding carboxylic acids is 1. The van der Waals surface area contributed by atoms with Gasteiger partial charge in [-0.3, -0.25) is 9.48 Å². The molecule has 4 rings (SSSR count). The fourth-order valence-electron chi connectivity index (χ4n) is 4.05. The minimum Gasteiger partial charge on any atom is -0.339 e. The van der Waals surface area contributed by atoms with Crippen molar-refractivity contribution in [3.8, 4) is 0 Å². The first-order valence-electron chi connectivity index (χ1n) is 9.38. The summed E-state index contributed by atoms with van der Waals surface area (Å²) in [5, 5.41) is 11.8. The van der Waals surface area contributed by atoms with Crippen LogP contribution in [0.15, 0.2) is 16.9 Å². The Bertz CT molecular complexity index is 788. The van der Waals surface area contributed by atoms with Gasteiger partial charge >= 0.3 is 0 Å². The van der Waals surface area contributed by atoms with E-state index in [9.17, 15) is 4.79 Å². The number of hydrogen-bond donors (Lipinski definition) is 1. The summed E-state index contributed by atoms with van der Waals surface area (Å²) < 4.78 is 7.16. The van der Waals surface area contributed by atoms with E-state index in [1.54, 1.807) is 4.68 Å². The lowest BCUT2D eigenvalue weighted by Gasteiger charge is -2.27. The van der Waals surface area contributed by atoms with Crippen LogP contribution >= 0.6 is 12.4 Å². The predicted octanol–water partition coefficient (Wildman–Crippen LogP) is 2.02. The van der Waals surface area contributed by atoms with Crippen molar-refractivity contribution in [3.63, 3.8) is 0 Å². The van der Waals surface area contributed by atoms with E-state index in [1.165, 1.54) is 0 Å². The summed E-state index contributed by atoms with van der Waals surface area (Å²) in [4.78, 5) is 19.8. The number of amides is 1. The smallest absolute Gasteiger partial charge is 0.229 e. The lowest BCUT2D eigenvalue weighted by Crippen LogP contribution is -2.38. The van der Waals surface area contributed by atoms with Gasteiger partial charge in [0.1, 0.15) is 0 Å². The summed E-state index contributed by atoms with van der Waals surface area (Å²) in [6, 6.07) is -0.0751. The second kappa shape index (κ2) is 7.98. The Morgan fingerprint density at radius 2 is 2.19 bits per heavy atom. The highest BCUT2D eigenvalue weighted by molar-refractivity contribution is 5.85. The number of aryl methyl sites for hydroxylation is 1. The Hall–Kier alpha value is -1.93. The number of aromatic nitrogens is 4. The van der Waals surface area contributed by atoms with Crippen LogP contribution in [0, 0.1) is 5.92 Å². The van der Waals surface area contributed by atoms with Gasteiger partial charge in [-0.1, -0.05) is 19.0 Å². The van der Waals surface area contributed by atoms with E-state index >= 15 is 0 Å². The summed E-state index contributed by atoms with van der Waals surface area (Å²) >= 11 is 0. The van der Waals surface area contributed by atoms with E-state index in [-0.39, 0.29) is 42.1 Å². The zero-order chi connectivity index (χ0) is 18.3. The van der Waals surface area contributed by atoms with Crippen molar-refractivity contribution in [1.82, 2.24) is 30.1 Å². The standard InChI is InChI=1S/C18H26N6O2.ClH/c1-11(2)17-21-16(22-26-17)15-5-4-6-24(15)18(25)14-9-19-8-13(14)12-7-20-23(3)10-12;/h7,10-11,13-15,19H,4-6,8-9H2,1-3H3;1H/t13-,14+,15?;/m1./s1. The highest BCUT2D eigenvalue weighted by Crippen LogP contribution is 2.36. The number of halogens is 1. The molecular weight excluding hydrogens is 368 g/mol. The molecule has 0 spiro atoms. The van der Waals surface area contributed by atoms with Crippen LogP contribution in [-0.2, 0) is 11.8 Å². The average Bonchev–Trinajstić information content (AvgIpc) is 3.37. The Labute approximate surface area is 165 Å². The summed E-state index contributed by atoms with van der Waals surface area (Å²) in [6.07, 6.45) is 5.74. The molecule has 27 heavy (non-hydrogen) atoms. The average molecular weight is 395 g/mol. The molecule has 2 aromatic heterocycles. The topological polar surface area (TPSA) is 89.1 Å². The fraction of sp³-hybridized carbons (Fsp3) is 0.667. The lowest BCUT2D eigenvalue weighted by molar-refractivity contribution is -0.136. The molecule has 0 aliphatic carbocycles. The summed E-state index contributed by atoms with van der Waals surface area (Å²) in [5.41, 5.74) is 1.12. The predicted molar refractivity (Wildman–Crippen MR) is 102 cm³/mol. The number of rotatable bonds is 4. The highest BCUT2D eigenvalue weighted by Gasteiger charge is 2.42. The van der Waals surface area contributed by atoms with Gasteiger partial charge in [-0.15, -0.1) is 12.4 Å². The third-order valence-electron chi connectivity index (χ3n) is 5.47. The van der Waals surface area contributed by atoms with Gasteiger partial charge in [-0.2, -0.15) is 10.1 Å². The van der Waals surface area contributed by atoms with Crippen molar-refractivity contribution >= 4 is 18.3 Å². The summed E-state index contributed by atoms with van der Waals surface area (Å²) in [5.74, 6) is 1.74. The highest BCUT2D eigenvalue weighted by atomic mass is 35.5. The molecule has 8 nitrogen and oxygen atoms in total.